The molecule has 17 heavy (non-hydrogen) atoms. The largest absolute Gasteiger partial charge is 0.465 e. The van der Waals surface area contributed by atoms with Gasteiger partial charge in [-0.2, -0.15) is 0 Å². The number of nitrogens with two attached hydrogens (primary N) is 1. The van der Waals surface area contributed by atoms with Crippen LogP contribution in [0.2, 0.25) is 5.15 Å². The summed E-state index contributed by atoms with van der Waals surface area (Å²) in [5, 5.41) is 0.120. The normalized spacial score (nSPS) is 8.18. The van der Waals surface area contributed by atoms with Gasteiger partial charge in [-0.15, -0.1) is 0 Å². The number of hydrogen-bond acceptors (Lipinski definition) is 4. The Labute approximate surface area is 108 Å². The highest BCUT2D eigenvalue weighted by molar-refractivity contribution is 6.32. The van der Waals surface area contributed by atoms with Gasteiger partial charge in [0.2, 0.25) is 0 Å². The van der Waals surface area contributed by atoms with Crippen LogP contribution in [-0.2, 0) is 11.3 Å². The van der Waals surface area contributed by atoms with Crippen molar-refractivity contribution in [1.82, 2.24) is 4.98 Å². The molecule has 1 rings (SSSR count). The number of nitrogens with zero attached hydrogens (tertiary/aromatic N) is 1. The Bertz CT molecular complexity index is 330. The van der Waals surface area contributed by atoms with Crippen LogP contribution in [0.4, 0.5) is 0 Å². The summed E-state index contributed by atoms with van der Waals surface area (Å²) in [7, 11) is 1.28. The van der Waals surface area contributed by atoms with Crippen molar-refractivity contribution in [2.45, 2.75) is 34.2 Å². The van der Waals surface area contributed by atoms with Gasteiger partial charge in [0.1, 0.15) is 10.7 Å². The van der Waals surface area contributed by atoms with Crippen molar-refractivity contribution < 1.29 is 9.53 Å². The Morgan fingerprint density at radius 3 is 2.35 bits per heavy atom. The monoisotopic (exact) mass is 260 g/mol. The zero-order chi connectivity index (χ0) is 13.8. The SMILES string of the molecule is CC.CC.COC(=O)c1c(CN)ccnc1Cl. The molecule has 0 saturated carbocycles. The molecule has 0 aliphatic carbocycles. The highest BCUT2D eigenvalue weighted by Gasteiger charge is 2.15. The summed E-state index contributed by atoms with van der Waals surface area (Å²) in [6.45, 7) is 8.23. The molecule has 1 heterocycles. The fourth-order valence-corrected chi connectivity index (χ4v) is 1.22. The van der Waals surface area contributed by atoms with Gasteiger partial charge in [-0.05, 0) is 11.6 Å². The molecule has 2 N–H and O–H groups in total. The van der Waals surface area contributed by atoms with Crippen molar-refractivity contribution in [1.29, 1.82) is 0 Å². The Kier molecular flexibility index (Phi) is 12.2. The van der Waals surface area contributed by atoms with E-state index >= 15 is 0 Å². The van der Waals surface area contributed by atoms with E-state index in [1.165, 1.54) is 13.3 Å². The number of methoxy groups -OCH3 is 1. The molecule has 0 bridgehead atoms. The van der Waals surface area contributed by atoms with Gasteiger partial charge in [0, 0.05) is 12.7 Å². The number of pyridine rings is 1. The zero-order valence-corrected chi connectivity index (χ0v) is 11.8. The molecule has 1 aromatic rings. The van der Waals surface area contributed by atoms with Gasteiger partial charge in [-0.25, -0.2) is 9.78 Å². The third kappa shape index (κ3) is 5.65. The molecule has 0 unspecified atom stereocenters. The van der Waals surface area contributed by atoms with Crippen LogP contribution in [0, 0.1) is 0 Å². The summed E-state index contributed by atoms with van der Waals surface area (Å²) < 4.78 is 4.54. The standard InChI is InChI=1S/C8H9ClN2O2.2C2H6/c1-13-8(12)6-5(4-10)2-3-11-7(6)9;2*1-2/h2-3H,4,10H2,1H3;2*1-2H3. The lowest BCUT2D eigenvalue weighted by Gasteiger charge is -2.05. The van der Waals surface area contributed by atoms with Gasteiger partial charge in [0.25, 0.3) is 0 Å². The van der Waals surface area contributed by atoms with Crippen LogP contribution >= 0.6 is 11.6 Å². The number of aromatic nitrogens is 1. The summed E-state index contributed by atoms with van der Waals surface area (Å²) in [4.78, 5) is 15.0. The van der Waals surface area contributed by atoms with E-state index in [9.17, 15) is 4.79 Å². The molecule has 0 aliphatic heterocycles. The maximum atomic E-state index is 11.2. The average molecular weight is 261 g/mol. The topological polar surface area (TPSA) is 65.2 Å². The molecule has 5 heteroatoms. The lowest BCUT2D eigenvalue weighted by Crippen LogP contribution is -2.10. The van der Waals surface area contributed by atoms with Gasteiger partial charge in [0.15, 0.2) is 0 Å². The molecule has 4 nitrogen and oxygen atoms in total. The first-order chi connectivity index (χ1) is 8.20. The van der Waals surface area contributed by atoms with Crippen LogP contribution < -0.4 is 5.73 Å². The number of halogens is 1. The molecule has 0 saturated heterocycles. The predicted octanol–water partition coefficient (Wildman–Crippen LogP) is 3.03. The summed E-state index contributed by atoms with van der Waals surface area (Å²) in [5.41, 5.74) is 6.29. The summed E-state index contributed by atoms with van der Waals surface area (Å²) in [5.74, 6) is -0.515. The average Bonchev–Trinajstić information content (AvgIpc) is 2.42. The molecule has 0 amide bonds. The lowest BCUT2D eigenvalue weighted by atomic mass is 10.1. The second-order valence-electron chi connectivity index (χ2n) is 2.33. The molecule has 1 aromatic heterocycles. The zero-order valence-electron chi connectivity index (χ0n) is 11.1. The number of carbonyl (C=O) groups excluding carboxylic acids is 1. The van der Waals surface area contributed by atoms with Gasteiger partial charge < -0.3 is 10.5 Å². The maximum Gasteiger partial charge on any atom is 0.341 e. The van der Waals surface area contributed by atoms with E-state index in [0.717, 1.165) is 0 Å². The lowest BCUT2D eigenvalue weighted by molar-refractivity contribution is 0.0599. The summed E-state index contributed by atoms with van der Waals surface area (Å²) in [6, 6.07) is 1.64. The molecule has 0 fully saturated rings. The van der Waals surface area contributed by atoms with Crippen molar-refractivity contribution in [3.8, 4) is 0 Å². The minimum Gasteiger partial charge on any atom is -0.465 e. The first-order valence-electron chi connectivity index (χ1n) is 5.62. The Hall–Kier alpha value is -1.13. The number of hydrogen-bond donors (Lipinski definition) is 1. The quantitative estimate of drug-likeness (QED) is 0.656. The van der Waals surface area contributed by atoms with Gasteiger partial charge in [-0.1, -0.05) is 39.3 Å². The van der Waals surface area contributed by atoms with Crippen LogP contribution in [0.3, 0.4) is 0 Å². The van der Waals surface area contributed by atoms with E-state index in [2.05, 4.69) is 9.72 Å². The van der Waals surface area contributed by atoms with Crippen molar-refractivity contribution >= 4 is 17.6 Å². The fraction of sp³-hybridized carbons (Fsp3) is 0.500. The highest BCUT2D eigenvalue weighted by Crippen LogP contribution is 2.17. The van der Waals surface area contributed by atoms with Gasteiger partial charge >= 0.3 is 5.97 Å². The van der Waals surface area contributed by atoms with E-state index in [-0.39, 0.29) is 17.3 Å². The number of esters is 1. The van der Waals surface area contributed by atoms with Crippen LogP contribution in [-0.4, -0.2) is 18.1 Å². The summed E-state index contributed by atoms with van der Waals surface area (Å²) in [6.07, 6.45) is 1.50. The fourth-order valence-electron chi connectivity index (χ4n) is 0.961. The second-order valence-corrected chi connectivity index (χ2v) is 2.69. The first-order valence-corrected chi connectivity index (χ1v) is 6.00. The van der Waals surface area contributed by atoms with E-state index in [1.807, 2.05) is 27.7 Å². The van der Waals surface area contributed by atoms with Crippen LogP contribution in [0.5, 0.6) is 0 Å². The van der Waals surface area contributed by atoms with Crippen LogP contribution in [0.25, 0.3) is 0 Å². The van der Waals surface area contributed by atoms with Crippen molar-refractivity contribution in [2.75, 3.05) is 7.11 Å². The van der Waals surface area contributed by atoms with Crippen molar-refractivity contribution in [3.63, 3.8) is 0 Å². The van der Waals surface area contributed by atoms with E-state index in [1.54, 1.807) is 6.07 Å². The molecular formula is C12H21ClN2O2. The van der Waals surface area contributed by atoms with E-state index in [0.29, 0.717) is 5.56 Å². The Morgan fingerprint density at radius 2 is 1.94 bits per heavy atom. The molecule has 98 valence electrons. The van der Waals surface area contributed by atoms with Crippen LogP contribution in [0.1, 0.15) is 43.6 Å². The van der Waals surface area contributed by atoms with Crippen LogP contribution in [0.15, 0.2) is 12.3 Å². The second kappa shape index (κ2) is 11.4. The Balaban J connectivity index is 0. The number of carbonyl (C=O) groups is 1. The van der Waals surface area contributed by atoms with Gasteiger partial charge in [0.05, 0.1) is 7.11 Å². The molecule has 0 aromatic carbocycles. The first kappa shape index (κ1) is 18.2. The van der Waals surface area contributed by atoms with E-state index in [4.69, 9.17) is 17.3 Å². The smallest absolute Gasteiger partial charge is 0.341 e. The molecule has 0 spiro atoms. The van der Waals surface area contributed by atoms with E-state index < -0.39 is 5.97 Å². The minimum atomic E-state index is -0.515. The number of rotatable bonds is 2. The Morgan fingerprint density at radius 1 is 1.41 bits per heavy atom. The maximum absolute atomic E-state index is 11.2. The molecule has 0 aliphatic rings. The predicted molar refractivity (Wildman–Crippen MR) is 71.2 cm³/mol. The molecule has 0 atom stereocenters. The minimum absolute atomic E-state index is 0.120. The third-order valence-electron chi connectivity index (χ3n) is 1.60. The third-order valence-corrected chi connectivity index (χ3v) is 1.89. The molecule has 0 radical (unpaired) electrons. The van der Waals surface area contributed by atoms with Gasteiger partial charge in [-0.3, -0.25) is 0 Å². The highest BCUT2D eigenvalue weighted by atomic mass is 35.5. The summed E-state index contributed by atoms with van der Waals surface area (Å²) >= 11 is 5.71. The number of ether oxygens (including phenoxy) is 1. The molecular weight excluding hydrogens is 240 g/mol. The van der Waals surface area contributed by atoms with Crippen molar-refractivity contribution in [2.24, 2.45) is 5.73 Å². The van der Waals surface area contributed by atoms with Crippen molar-refractivity contribution in [3.05, 3.63) is 28.5 Å².